The Kier molecular flexibility index (Phi) is 4.36. The monoisotopic (exact) mass is 387 g/mol. The molecule has 0 saturated carbocycles. The molecule has 0 spiro atoms. The van der Waals surface area contributed by atoms with Crippen LogP contribution in [0.3, 0.4) is 0 Å². The lowest BCUT2D eigenvalue weighted by molar-refractivity contribution is -0.150. The van der Waals surface area contributed by atoms with Crippen molar-refractivity contribution in [2.75, 3.05) is 13.1 Å². The average molecular weight is 387 g/mol. The Morgan fingerprint density at radius 2 is 1.90 bits per heavy atom. The third-order valence-electron chi connectivity index (χ3n) is 4.21. The van der Waals surface area contributed by atoms with Gasteiger partial charge in [0.05, 0.1) is 5.41 Å². The van der Waals surface area contributed by atoms with Crippen molar-refractivity contribution in [3.05, 3.63) is 33.4 Å². The quantitative estimate of drug-likeness (QED) is 0.812. The standard InChI is InChI=1S/C15H18INO3/c1-10(2)15(14(19)20)7-8-17(9-15)13(18)11-3-5-12(16)6-4-11/h3-6,10H,7-9H2,1-2H3,(H,19,20). The van der Waals surface area contributed by atoms with Gasteiger partial charge in [-0.3, -0.25) is 9.59 Å². The van der Waals surface area contributed by atoms with Crippen molar-refractivity contribution in [2.45, 2.75) is 20.3 Å². The van der Waals surface area contributed by atoms with Crippen LogP contribution >= 0.6 is 22.6 Å². The molecule has 0 radical (unpaired) electrons. The molecule has 0 aliphatic carbocycles. The highest BCUT2D eigenvalue weighted by Crippen LogP contribution is 2.38. The molecule has 0 aromatic heterocycles. The van der Waals surface area contributed by atoms with Gasteiger partial charge in [-0.25, -0.2) is 0 Å². The summed E-state index contributed by atoms with van der Waals surface area (Å²) in [6.07, 6.45) is 0.524. The third-order valence-corrected chi connectivity index (χ3v) is 4.93. The minimum Gasteiger partial charge on any atom is -0.481 e. The number of carbonyl (C=O) groups is 2. The van der Waals surface area contributed by atoms with Gasteiger partial charge >= 0.3 is 5.97 Å². The maximum absolute atomic E-state index is 12.4. The normalized spacial score (nSPS) is 22.3. The maximum Gasteiger partial charge on any atom is 0.311 e. The molecule has 1 amide bonds. The summed E-state index contributed by atoms with van der Waals surface area (Å²) in [6.45, 7) is 4.63. The number of nitrogens with zero attached hydrogens (tertiary/aromatic N) is 1. The number of likely N-dealkylation sites (tertiary alicyclic amines) is 1. The van der Waals surface area contributed by atoms with E-state index in [-0.39, 0.29) is 11.8 Å². The van der Waals surface area contributed by atoms with Crippen molar-refractivity contribution < 1.29 is 14.7 Å². The van der Waals surface area contributed by atoms with Crippen LogP contribution in [0, 0.1) is 14.9 Å². The second-order valence-electron chi connectivity index (χ2n) is 5.60. The van der Waals surface area contributed by atoms with Crippen LogP contribution in [0.15, 0.2) is 24.3 Å². The van der Waals surface area contributed by atoms with E-state index in [0.717, 1.165) is 3.57 Å². The van der Waals surface area contributed by atoms with Crippen molar-refractivity contribution in [3.63, 3.8) is 0 Å². The zero-order valence-corrected chi connectivity index (χ0v) is 13.8. The number of amides is 1. The van der Waals surface area contributed by atoms with Gasteiger partial charge in [0.15, 0.2) is 0 Å². The van der Waals surface area contributed by atoms with Gasteiger partial charge in [-0.05, 0) is 59.2 Å². The van der Waals surface area contributed by atoms with Crippen molar-refractivity contribution in [1.29, 1.82) is 0 Å². The van der Waals surface area contributed by atoms with Crippen LogP contribution in [0.1, 0.15) is 30.6 Å². The first-order valence-corrected chi connectivity index (χ1v) is 7.73. The minimum absolute atomic E-state index is 0.00882. The van der Waals surface area contributed by atoms with Gasteiger partial charge in [0.1, 0.15) is 0 Å². The summed E-state index contributed by atoms with van der Waals surface area (Å²) >= 11 is 2.19. The van der Waals surface area contributed by atoms with Crippen LogP contribution in [0.5, 0.6) is 0 Å². The van der Waals surface area contributed by atoms with Crippen LogP contribution in [0.2, 0.25) is 0 Å². The highest BCUT2D eigenvalue weighted by Gasteiger charge is 2.48. The number of halogens is 1. The topological polar surface area (TPSA) is 57.6 Å². The molecule has 5 heteroatoms. The number of rotatable bonds is 3. The van der Waals surface area contributed by atoms with Gasteiger partial charge in [-0.15, -0.1) is 0 Å². The minimum atomic E-state index is -0.807. The molecule has 1 saturated heterocycles. The molecule has 1 heterocycles. The molecule has 4 nitrogen and oxygen atoms in total. The molecule has 1 aliphatic rings. The summed E-state index contributed by atoms with van der Waals surface area (Å²) in [4.78, 5) is 25.7. The summed E-state index contributed by atoms with van der Waals surface area (Å²) in [5.74, 6) is -0.870. The molecular weight excluding hydrogens is 369 g/mol. The van der Waals surface area contributed by atoms with E-state index < -0.39 is 11.4 Å². The Hall–Kier alpha value is -1.11. The molecule has 0 bridgehead atoms. The van der Waals surface area contributed by atoms with E-state index >= 15 is 0 Å². The van der Waals surface area contributed by atoms with Crippen molar-refractivity contribution in [2.24, 2.45) is 11.3 Å². The lowest BCUT2D eigenvalue weighted by Gasteiger charge is -2.28. The molecule has 108 valence electrons. The van der Waals surface area contributed by atoms with Crippen LogP contribution in [0.25, 0.3) is 0 Å². The molecule has 1 aromatic carbocycles. The molecule has 1 atom stereocenters. The highest BCUT2D eigenvalue weighted by atomic mass is 127. The van der Waals surface area contributed by atoms with Crippen molar-refractivity contribution in [3.8, 4) is 0 Å². The van der Waals surface area contributed by atoms with E-state index in [1.807, 2.05) is 26.0 Å². The Balaban J connectivity index is 2.18. The Morgan fingerprint density at radius 3 is 2.35 bits per heavy atom. The molecule has 2 rings (SSSR count). The van der Waals surface area contributed by atoms with E-state index in [9.17, 15) is 14.7 Å². The first-order chi connectivity index (χ1) is 9.36. The number of hydrogen-bond donors (Lipinski definition) is 1. The van der Waals surface area contributed by atoms with Gasteiger partial charge in [-0.1, -0.05) is 13.8 Å². The summed E-state index contributed by atoms with van der Waals surface area (Å²) in [6, 6.07) is 7.36. The van der Waals surface area contributed by atoms with Gasteiger partial charge in [0.25, 0.3) is 5.91 Å². The average Bonchev–Trinajstić information content (AvgIpc) is 2.85. The number of carboxylic acid groups (broad SMARTS) is 1. The first kappa shape index (κ1) is 15.3. The van der Waals surface area contributed by atoms with Crippen LogP contribution in [0.4, 0.5) is 0 Å². The fraction of sp³-hybridized carbons (Fsp3) is 0.467. The number of carbonyl (C=O) groups excluding carboxylic acids is 1. The van der Waals surface area contributed by atoms with Gasteiger partial charge in [-0.2, -0.15) is 0 Å². The molecule has 1 aliphatic heterocycles. The summed E-state index contributed by atoms with van der Waals surface area (Å²) in [5.41, 5.74) is -0.186. The van der Waals surface area contributed by atoms with Crippen LogP contribution in [-0.4, -0.2) is 35.0 Å². The summed E-state index contributed by atoms with van der Waals surface area (Å²) in [7, 11) is 0. The lowest BCUT2D eigenvalue weighted by Crippen LogP contribution is -2.40. The zero-order chi connectivity index (χ0) is 14.9. The SMILES string of the molecule is CC(C)C1(C(=O)O)CCN(C(=O)c2ccc(I)cc2)C1. The first-order valence-electron chi connectivity index (χ1n) is 6.65. The number of aliphatic carboxylic acids is 1. The van der Waals surface area contributed by atoms with Crippen molar-refractivity contribution >= 4 is 34.5 Å². The number of hydrogen-bond acceptors (Lipinski definition) is 2. The summed E-state index contributed by atoms with van der Waals surface area (Å²) < 4.78 is 1.07. The van der Waals surface area contributed by atoms with E-state index in [1.54, 1.807) is 17.0 Å². The van der Waals surface area contributed by atoms with Crippen LogP contribution in [-0.2, 0) is 4.79 Å². The highest BCUT2D eigenvalue weighted by molar-refractivity contribution is 14.1. The van der Waals surface area contributed by atoms with E-state index in [4.69, 9.17) is 0 Å². The number of carboxylic acids is 1. The Bertz CT molecular complexity index is 526. The number of benzene rings is 1. The van der Waals surface area contributed by atoms with Gasteiger partial charge in [0.2, 0.25) is 0 Å². The molecule has 20 heavy (non-hydrogen) atoms. The van der Waals surface area contributed by atoms with E-state index in [1.165, 1.54) is 0 Å². The maximum atomic E-state index is 12.4. The zero-order valence-electron chi connectivity index (χ0n) is 11.6. The van der Waals surface area contributed by atoms with E-state index in [0.29, 0.717) is 25.1 Å². The second kappa shape index (κ2) is 5.71. The van der Waals surface area contributed by atoms with Crippen LogP contribution < -0.4 is 0 Å². The molecule has 1 N–H and O–H groups in total. The fourth-order valence-electron chi connectivity index (χ4n) is 2.67. The van der Waals surface area contributed by atoms with Crippen molar-refractivity contribution in [1.82, 2.24) is 4.90 Å². The molecule has 1 unspecified atom stereocenters. The lowest BCUT2D eigenvalue weighted by atomic mass is 9.76. The smallest absolute Gasteiger partial charge is 0.311 e. The molecule has 1 fully saturated rings. The molecule has 1 aromatic rings. The molecular formula is C15H18INO3. The Labute approximate surface area is 132 Å². The van der Waals surface area contributed by atoms with E-state index in [2.05, 4.69) is 22.6 Å². The second-order valence-corrected chi connectivity index (χ2v) is 6.85. The third kappa shape index (κ3) is 2.68. The predicted octanol–water partition coefficient (Wildman–Crippen LogP) is 2.86. The summed E-state index contributed by atoms with van der Waals surface area (Å²) in [5, 5.41) is 9.50. The Morgan fingerprint density at radius 1 is 1.30 bits per heavy atom. The fourth-order valence-corrected chi connectivity index (χ4v) is 3.03. The largest absolute Gasteiger partial charge is 0.481 e. The van der Waals surface area contributed by atoms with Gasteiger partial charge < -0.3 is 10.0 Å². The predicted molar refractivity (Wildman–Crippen MR) is 84.6 cm³/mol. The van der Waals surface area contributed by atoms with Gasteiger partial charge in [0, 0.05) is 22.2 Å².